The van der Waals surface area contributed by atoms with Crippen LogP contribution in [0, 0.1) is 6.92 Å². The number of benzene rings is 1. The zero-order valence-corrected chi connectivity index (χ0v) is 11.5. The first-order valence-corrected chi connectivity index (χ1v) is 6.49. The number of rotatable bonds is 2. The highest BCUT2D eigenvalue weighted by molar-refractivity contribution is 6.29. The van der Waals surface area contributed by atoms with Crippen molar-refractivity contribution in [3.05, 3.63) is 59.5 Å². The normalized spacial score (nSPS) is 10.5. The summed E-state index contributed by atoms with van der Waals surface area (Å²) >= 11 is 6.07. The molecule has 0 bridgehead atoms. The van der Waals surface area contributed by atoms with Crippen LogP contribution in [0.25, 0.3) is 22.9 Å². The first-order chi connectivity index (χ1) is 9.72. The maximum Gasteiger partial charge on any atom is 0.199 e. The third-order valence-corrected chi connectivity index (χ3v) is 2.94. The second-order valence-corrected chi connectivity index (χ2v) is 4.74. The van der Waals surface area contributed by atoms with Gasteiger partial charge in [0.05, 0.1) is 5.69 Å². The van der Waals surface area contributed by atoms with Crippen molar-refractivity contribution in [3.8, 4) is 22.9 Å². The van der Waals surface area contributed by atoms with Gasteiger partial charge in [-0.05, 0) is 12.5 Å². The van der Waals surface area contributed by atoms with E-state index in [0.29, 0.717) is 16.8 Å². The van der Waals surface area contributed by atoms with Crippen molar-refractivity contribution in [3.63, 3.8) is 0 Å². The van der Waals surface area contributed by atoms with Crippen LogP contribution in [0.5, 0.6) is 0 Å². The minimum atomic E-state index is 0.373. The molecule has 0 unspecified atom stereocenters. The van der Waals surface area contributed by atoms with E-state index in [9.17, 15) is 0 Å². The van der Waals surface area contributed by atoms with Gasteiger partial charge in [-0.2, -0.15) is 0 Å². The second-order valence-electron chi connectivity index (χ2n) is 4.35. The summed E-state index contributed by atoms with van der Waals surface area (Å²) in [6.45, 7) is 1.93. The summed E-state index contributed by atoms with van der Waals surface area (Å²) in [7, 11) is 0. The predicted molar refractivity (Wildman–Crippen MR) is 78.2 cm³/mol. The first-order valence-electron chi connectivity index (χ1n) is 6.11. The summed E-state index contributed by atoms with van der Waals surface area (Å²) < 4.78 is 0. The lowest BCUT2D eigenvalue weighted by molar-refractivity contribution is 1.07. The summed E-state index contributed by atoms with van der Waals surface area (Å²) in [5.41, 5.74) is 2.72. The van der Waals surface area contributed by atoms with Gasteiger partial charge < -0.3 is 0 Å². The predicted octanol–water partition coefficient (Wildman–Crippen LogP) is 3.56. The Morgan fingerprint density at radius 3 is 2.30 bits per heavy atom. The summed E-state index contributed by atoms with van der Waals surface area (Å²) in [4.78, 5) is 17.1. The van der Waals surface area contributed by atoms with Crippen LogP contribution >= 0.6 is 11.6 Å². The quantitative estimate of drug-likeness (QED) is 0.674. The van der Waals surface area contributed by atoms with E-state index in [1.54, 1.807) is 18.5 Å². The smallest absolute Gasteiger partial charge is 0.199 e. The van der Waals surface area contributed by atoms with E-state index in [1.165, 1.54) is 0 Å². The maximum atomic E-state index is 6.07. The van der Waals surface area contributed by atoms with E-state index < -0.39 is 0 Å². The highest BCUT2D eigenvalue weighted by Crippen LogP contribution is 2.22. The number of halogens is 1. The minimum absolute atomic E-state index is 0.373. The molecule has 0 aliphatic heterocycles. The van der Waals surface area contributed by atoms with Crippen LogP contribution in [-0.4, -0.2) is 19.9 Å². The molecule has 0 N–H and O–H groups in total. The lowest BCUT2D eigenvalue weighted by Gasteiger charge is -2.04. The summed E-state index contributed by atoms with van der Waals surface area (Å²) in [5, 5.41) is 0.373. The van der Waals surface area contributed by atoms with Crippen molar-refractivity contribution in [2.75, 3.05) is 0 Å². The standard InChI is InChI=1S/C15H11ClN4/c1-10-8-17-14(18-9-10)15-19-12(7-13(16)20-15)11-5-3-2-4-6-11/h2-9H,1H3. The van der Waals surface area contributed by atoms with Crippen molar-refractivity contribution in [1.82, 2.24) is 19.9 Å². The molecule has 0 aliphatic rings. The van der Waals surface area contributed by atoms with E-state index in [1.807, 2.05) is 37.3 Å². The van der Waals surface area contributed by atoms with Crippen molar-refractivity contribution in [2.45, 2.75) is 6.92 Å². The topological polar surface area (TPSA) is 51.6 Å². The van der Waals surface area contributed by atoms with E-state index in [2.05, 4.69) is 19.9 Å². The van der Waals surface area contributed by atoms with Gasteiger partial charge in [-0.15, -0.1) is 0 Å². The molecule has 5 heteroatoms. The van der Waals surface area contributed by atoms with Crippen LogP contribution in [0.2, 0.25) is 5.15 Å². The Labute approximate surface area is 121 Å². The Balaban J connectivity index is 2.09. The highest BCUT2D eigenvalue weighted by Gasteiger charge is 2.09. The molecular formula is C15H11ClN4. The van der Waals surface area contributed by atoms with Crippen molar-refractivity contribution >= 4 is 11.6 Å². The Morgan fingerprint density at radius 2 is 1.60 bits per heavy atom. The Hall–Kier alpha value is -2.33. The SMILES string of the molecule is Cc1cnc(-c2nc(Cl)cc(-c3ccccc3)n2)nc1. The molecule has 0 atom stereocenters. The van der Waals surface area contributed by atoms with Gasteiger partial charge in [-0.25, -0.2) is 19.9 Å². The molecule has 4 nitrogen and oxygen atoms in total. The van der Waals surface area contributed by atoms with Gasteiger partial charge in [0.15, 0.2) is 11.6 Å². The fraction of sp³-hybridized carbons (Fsp3) is 0.0667. The first kappa shape index (κ1) is 12.7. The molecule has 0 amide bonds. The van der Waals surface area contributed by atoms with Gasteiger partial charge in [0.2, 0.25) is 0 Å². The zero-order chi connectivity index (χ0) is 13.9. The maximum absolute atomic E-state index is 6.07. The molecule has 0 saturated heterocycles. The van der Waals surface area contributed by atoms with Gasteiger partial charge in [0, 0.05) is 24.0 Å². The number of hydrogen-bond acceptors (Lipinski definition) is 4. The number of nitrogens with zero attached hydrogens (tertiary/aromatic N) is 4. The minimum Gasteiger partial charge on any atom is -0.234 e. The van der Waals surface area contributed by atoms with Crippen LogP contribution in [0.4, 0.5) is 0 Å². The molecule has 3 aromatic rings. The van der Waals surface area contributed by atoms with E-state index in [0.717, 1.165) is 16.8 Å². The number of aryl methyl sites for hydroxylation is 1. The van der Waals surface area contributed by atoms with Gasteiger partial charge in [0.25, 0.3) is 0 Å². The Bertz CT molecular complexity index is 727. The fourth-order valence-electron chi connectivity index (χ4n) is 1.78. The molecule has 0 spiro atoms. The van der Waals surface area contributed by atoms with Gasteiger partial charge in [0.1, 0.15) is 5.15 Å². The lowest BCUT2D eigenvalue weighted by Crippen LogP contribution is -1.97. The summed E-state index contributed by atoms with van der Waals surface area (Å²) in [6.07, 6.45) is 3.46. The average Bonchev–Trinajstić information content (AvgIpc) is 2.48. The average molecular weight is 283 g/mol. The van der Waals surface area contributed by atoms with Crippen LogP contribution in [0.3, 0.4) is 0 Å². The third kappa shape index (κ3) is 2.65. The largest absolute Gasteiger partial charge is 0.234 e. The Morgan fingerprint density at radius 1 is 0.900 bits per heavy atom. The van der Waals surface area contributed by atoms with E-state index in [-0.39, 0.29) is 0 Å². The van der Waals surface area contributed by atoms with Crippen molar-refractivity contribution < 1.29 is 0 Å². The molecule has 2 aromatic heterocycles. The molecule has 1 aromatic carbocycles. The van der Waals surface area contributed by atoms with Gasteiger partial charge in [-0.1, -0.05) is 41.9 Å². The second kappa shape index (κ2) is 5.35. The molecular weight excluding hydrogens is 272 g/mol. The van der Waals surface area contributed by atoms with E-state index >= 15 is 0 Å². The lowest BCUT2D eigenvalue weighted by atomic mass is 10.1. The van der Waals surface area contributed by atoms with Crippen LogP contribution in [0.1, 0.15) is 5.56 Å². The molecule has 20 heavy (non-hydrogen) atoms. The molecule has 2 heterocycles. The molecule has 0 radical (unpaired) electrons. The van der Waals surface area contributed by atoms with Crippen LogP contribution in [-0.2, 0) is 0 Å². The monoisotopic (exact) mass is 282 g/mol. The van der Waals surface area contributed by atoms with Crippen LogP contribution < -0.4 is 0 Å². The number of aromatic nitrogens is 4. The molecule has 3 rings (SSSR count). The van der Waals surface area contributed by atoms with Gasteiger partial charge in [-0.3, -0.25) is 0 Å². The molecule has 0 saturated carbocycles. The molecule has 0 aliphatic carbocycles. The fourth-order valence-corrected chi connectivity index (χ4v) is 1.97. The van der Waals surface area contributed by atoms with E-state index in [4.69, 9.17) is 11.6 Å². The molecule has 0 fully saturated rings. The Kier molecular flexibility index (Phi) is 3.39. The molecule has 98 valence electrons. The van der Waals surface area contributed by atoms with Crippen molar-refractivity contribution in [2.24, 2.45) is 0 Å². The van der Waals surface area contributed by atoms with Gasteiger partial charge >= 0.3 is 0 Å². The summed E-state index contributed by atoms with van der Waals surface area (Å²) in [6, 6.07) is 11.5. The van der Waals surface area contributed by atoms with Crippen molar-refractivity contribution in [1.29, 1.82) is 0 Å². The van der Waals surface area contributed by atoms with Crippen LogP contribution in [0.15, 0.2) is 48.8 Å². The summed E-state index contributed by atoms with van der Waals surface area (Å²) in [5.74, 6) is 0.895. The highest BCUT2D eigenvalue weighted by atomic mass is 35.5. The number of hydrogen-bond donors (Lipinski definition) is 0. The third-order valence-electron chi connectivity index (χ3n) is 2.75. The zero-order valence-electron chi connectivity index (χ0n) is 10.8.